The van der Waals surface area contributed by atoms with Gasteiger partial charge in [0, 0.05) is 18.5 Å². The Bertz CT molecular complexity index is 246. The maximum absolute atomic E-state index is 11.2. The molecule has 0 aliphatic rings. The number of aliphatic carboxylic acids is 1. The van der Waals surface area contributed by atoms with Gasteiger partial charge in [0.05, 0.1) is 0 Å². The van der Waals surface area contributed by atoms with Crippen LogP contribution in [0.4, 0.5) is 0 Å². The van der Waals surface area contributed by atoms with E-state index in [1.807, 2.05) is 0 Å². The average molecular weight is 199 g/mol. The van der Waals surface area contributed by atoms with Crippen LogP contribution in [0, 0.1) is 5.92 Å². The van der Waals surface area contributed by atoms with Crippen LogP contribution in [0.3, 0.4) is 0 Å². The van der Waals surface area contributed by atoms with E-state index in [0.29, 0.717) is 12.1 Å². The summed E-state index contributed by atoms with van der Waals surface area (Å²) in [5, 5.41) is 11.1. The highest BCUT2D eigenvalue weighted by Crippen LogP contribution is 2.00. The molecule has 0 rings (SSSR count). The third kappa shape index (κ3) is 5.35. The van der Waals surface area contributed by atoms with Gasteiger partial charge >= 0.3 is 5.97 Å². The Labute approximate surface area is 84.0 Å². The van der Waals surface area contributed by atoms with E-state index in [4.69, 9.17) is 5.11 Å². The minimum absolute atomic E-state index is 0.0406. The Kier molecular flexibility index (Phi) is 5.60. The van der Waals surface area contributed by atoms with Crippen LogP contribution >= 0.6 is 0 Å². The van der Waals surface area contributed by atoms with Crippen LogP contribution in [0.25, 0.3) is 0 Å². The third-order valence-corrected chi connectivity index (χ3v) is 1.93. The molecule has 0 radical (unpaired) electrons. The van der Waals surface area contributed by atoms with E-state index in [0.717, 1.165) is 0 Å². The van der Waals surface area contributed by atoms with Gasteiger partial charge < -0.3 is 10.4 Å². The lowest BCUT2D eigenvalue weighted by atomic mass is 10.1. The maximum atomic E-state index is 11.2. The second kappa shape index (κ2) is 6.18. The average Bonchev–Trinajstić information content (AvgIpc) is 2.11. The molecule has 0 aliphatic carbocycles. The lowest BCUT2D eigenvalue weighted by Crippen LogP contribution is -2.29. The van der Waals surface area contributed by atoms with Crippen molar-refractivity contribution < 1.29 is 14.7 Å². The fourth-order valence-corrected chi connectivity index (χ4v) is 0.908. The SMILES string of the molecule is C/C=C(/C)C(=O)NCC(C)CC(=O)O. The number of nitrogens with one attached hydrogen (secondary N) is 1. The summed E-state index contributed by atoms with van der Waals surface area (Å²) in [6.45, 7) is 5.70. The second-order valence-electron chi connectivity index (χ2n) is 3.38. The monoisotopic (exact) mass is 199 g/mol. The molecule has 4 heteroatoms. The predicted molar refractivity (Wildman–Crippen MR) is 53.9 cm³/mol. The number of allylic oxidation sites excluding steroid dienone is 1. The van der Waals surface area contributed by atoms with Crippen LogP contribution in [0.5, 0.6) is 0 Å². The van der Waals surface area contributed by atoms with Crippen LogP contribution in [0.1, 0.15) is 27.2 Å². The number of carboxylic acid groups (broad SMARTS) is 1. The van der Waals surface area contributed by atoms with Crippen molar-refractivity contribution in [3.63, 3.8) is 0 Å². The van der Waals surface area contributed by atoms with E-state index in [-0.39, 0.29) is 18.2 Å². The van der Waals surface area contributed by atoms with Crippen LogP contribution < -0.4 is 5.32 Å². The van der Waals surface area contributed by atoms with Crippen LogP contribution in [0.15, 0.2) is 11.6 Å². The molecule has 0 aromatic rings. The first-order valence-corrected chi connectivity index (χ1v) is 4.60. The summed E-state index contributed by atoms with van der Waals surface area (Å²) >= 11 is 0. The number of carbonyl (C=O) groups is 2. The first kappa shape index (κ1) is 12.7. The Hall–Kier alpha value is -1.32. The number of hydrogen-bond donors (Lipinski definition) is 2. The number of amides is 1. The number of carbonyl (C=O) groups excluding carboxylic acids is 1. The summed E-state index contributed by atoms with van der Waals surface area (Å²) in [5.41, 5.74) is 0.646. The molecular formula is C10H17NO3. The molecule has 14 heavy (non-hydrogen) atoms. The second-order valence-corrected chi connectivity index (χ2v) is 3.38. The van der Waals surface area contributed by atoms with Gasteiger partial charge in [0.15, 0.2) is 0 Å². The van der Waals surface area contributed by atoms with Gasteiger partial charge in [-0.25, -0.2) is 0 Å². The molecule has 1 amide bonds. The van der Waals surface area contributed by atoms with E-state index in [9.17, 15) is 9.59 Å². The van der Waals surface area contributed by atoms with Gasteiger partial charge in [-0.05, 0) is 19.8 Å². The minimum atomic E-state index is -0.838. The van der Waals surface area contributed by atoms with Crippen LogP contribution in [0.2, 0.25) is 0 Å². The quantitative estimate of drug-likeness (QED) is 0.653. The molecule has 1 unspecified atom stereocenters. The van der Waals surface area contributed by atoms with Gasteiger partial charge in [-0.15, -0.1) is 0 Å². The molecule has 0 fully saturated rings. The smallest absolute Gasteiger partial charge is 0.303 e. The van der Waals surface area contributed by atoms with E-state index in [2.05, 4.69) is 5.32 Å². The molecule has 0 spiro atoms. The molecule has 80 valence electrons. The van der Waals surface area contributed by atoms with Gasteiger partial charge in [0.1, 0.15) is 0 Å². The van der Waals surface area contributed by atoms with Gasteiger partial charge in [0.2, 0.25) is 5.91 Å². The summed E-state index contributed by atoms with van der Waals surface area (Å²) in [7, 11) is 0. The first-order chi connectivity index (χ1) is 6.47. The molecule has 0 saturated heterocycles. The lowest BCUT2D eigenvalue weighted by Gasteiger charge is -2.10. The van der Waals surface area contributed by atoms with E-state index >= 15 is 0 Å². The highest BCUT2D eigenvalue weighted by Gasteiger charge is 2.09. The van der Waals surface area contributed by atoms with E-state index in [1.54, 1.807) is 26.8 Å². The van der Waals surface area contributed by atoms with Crippen molar-refractivity contribution in [2.24, 2.45) is 5.92 Å². The van der Waals surface area contributed by atoms with Crippen molar-refractivity contribution in [3.8, 4) is 0 Å². The standard InChI is InChI=1S/C10H17NO3/c1-4-8(3)10(14)11-6-7(2)5-9(12)13/h4,7H,5-6H2,1-3H3,(H,11,14)(H,12,13)/b8-4-. The topological polar surface area (TPSA) is 66.4 Å². The molecule has 0 saturated carbocycles. The molecule has 0 aromatic heterocycles. The molecule has 0 heterocycles. The van der Waals surface area contributed by atoms with Crippen molar-refractivity contribution in [1.29, 1.82) is 0 Å². The molecule has 1 atom stereocenters. The summed E-state index contributed by atoms with van der Waals surface area (Å²) in [5.74, 6) is -1.01. The van der Waals surface area contributed by atoms with Crippen molar-refractivity contribution in [3.05, 3.63) is 11.6 Å². The Morgan fingerprint density at radius 3 is 2.50 bits per heavy atom. The zero-order chi connectivity index (χ0) is 11.1. The molecule has 0 aromatic carbocycles. The van der Waals surface area contributed by atoms with E-state index in [1.165, 1.54) is 0 Å². The summed E-state index contributed by atoms with van der Waals surface area (Å²) in [6, 6.07) is 0. The molecule has 0 bridgehead atoms. The predicted octanol–water partition coefficient (Wildman–Crippen LogP) is 1.18. The largest absolute Gasteiger partial charge is 0.481 e. The zero-order valence-electron chi connectivity index (χ0n) is 8.83. The van der Waals surface area contributed by atoms with Gasteiger partial charge in [-0.3, -0.25) is 9.59 Å². The Morgan fingerprint density at radius 1 is 1.50 bits per heavy atom. The highest BCUT2D eigenvalue weighted by atomic mass is 16.4. The van der Waals surface area contributed by atoms with Gasteiger partial charge in [-0.2, -0.15) is 0 Å². The van der Waals surface area contributed by atoms with Crippen molar-refractivity contribution in [2.75, 3.05) is 6.54 Å². The van der Waals surface area contributed by atoms with E-state index < -0.39 is 5.97 Å². The van der Waals surface area contributed by atoms with Crippen molar-refractivity contribution >= 4 is 11.9 Å². The highest BCUT2D eigenvalue weighted by molar-refractivity contribution is 5.92. The normalized spacial score (nSPS) is 13.5. The molecule has 0 aliphatic heterocycles. The zero-order valence-corrected chi connectivity index (χ0v) is 8.83. The molecular weight excluding hydrogens is 182 g/mol. The summed E-state index contributed by atoms with van der Waals surface area (Å²) in [6.07, 6.45) is 1.80. The fraction of sp³-hybridized carbons (Fsp3) is 0.600. The third-order valence-electron chi connectivity index (χ3n) is 1.93. The maximum Gasteiger partial charge on any atom is 0.303 e. The lowest BCUT2D eigenvalue weighted by molar-refractivity contribution is -0.138. The summed E-state index contributed by atoms with van der Waals surface area (Å²) < 4.78 is 0. The fourth-order valence-electron chi connectivity index (χ4n) is 0.908. The molecule has 4 nitrogen and oxygen atoms in total. The van der Waals surface area contributed by atoms with Gasteiger partial charge in [0.25, 0.3) is 0 Å². The van der Waals surface area contributed by atoms with Crippen LogP contribution in [-0.4, -0.2) is 23.5 Å². The van der Waals surface area contributed by atoms with Crippen molar-refractivity contribution in [2.45, 2.75) is 27.2 Å². The van der Waals surface area contributed by atoms with Crippen LogP contribution in [-0.2, 0) is 9.59 Å². The minimum Gasteiger partial charge on any atom is -0.481 e. The van der Waals surface area contributed by atoms with Crippen molar-refractivity contribution in [1.82, 2.24) is 5.32 Å². The number of carboxylic acids is 1. The Balaban J connectivity index is 3.83. The van der Waals surface area contributed by atoms with Gasteiger partial charge in [-0.1, -0.05) is 13.0 Å². The summed E-state index contributed by atoms with van der Waals surface area (Å²) in [4.78, 5) is 21.6. The molecule has 2 N–H and O–H groups in total. The number of hydrogen-bond acceptors (Lipinski definition) is 2. The Morgan fingerprint density at radius 2 is 2.07 bits per heavy atom. The number of rotatable bonds is 5. The first-order valence-electron chi connectivity index (χ1n) is 4.60.